The zero-order valence-electron chi connectivity index (χ0n) is 14.2. The van der Waals surface area contributed by atoms with Gasteiger partial charge >= 0.3 is 0 Å². The minimum Gasteiger partial charge on any atom is -0.341 e. The van der Waals surface area contributed by atoms with Crippen molar-refractivity contribution >= 4 is 11.8 Å². The van der Waals surface area contributed by atoms with Gasteiger partial charge in [-0.3, -0.25) is 9.59 Å². The normalized spacial score (nSPS) is 24.7. The van der Waals surface area contributed by atoms with Gasteiger partial charge in [0, 0.05) is 37.7 Å². The third-order valence-corrected chi connectivity index (χ3v) is 5.39. The Hall–Kier alpha value is -1.88. The van der Waals surface area contributed by atoms with Gasteiger partial charge in [0.2, 0.25) is 5.91 Å². The molecule has 0 aromatic heterocycles. The van der Waals surface area contributed by atoms with Crippen LogP contribution in [0.15, 0.2) is 30.3 Å². The number of hydrogen-bond acceptors (Lipinski definition) is 3. The molecule has 0 spiro atoms. The smallest absolute Gasteiger partial charge is 0.253 e. The van der Waals surface area contributed by atoms with Crippen LogP contribution in [0.25, 0.3) is 0 Å². The minimum absolute atomic E-state index is 0.0607. The number of nitrogens with zero attached hydrogens (tertiary/aromatic N) is 2. The van der Waals surface area contributed by atoms with Crippen molar-refractivity contribution < 1.29 is 9.59 Å². The number of hydrogen-bond donors (Lipinski definition) is 1. The van der Waals surface area contributed by atoms with Gasteiger partial charge in [-0.25, -0.2) is 0 Å². The van der Waals surface area contributed by atoms with Crippen LogP contribution in [0.1, 0.15) is 36.0 Å². The number of rotatable bonds is 3. The number of amides is 2. The maximum Gasteiger partial charge on any atom is 0.253 e. The summed E-state index contributed by atoms with van der Waals surface area (Å²) in [5, 5.41) is 0. The summed E-state index contributed by atoms with van der Waals surface area (Å²) in [6.07, 6.45) is 3.97. The van der Waals surface area contributed by atoms with E-state index in [1.165, 1.54) is 0 Å². The first-order chi connectivity index (χ1) is 11.7. The number of carbonyl (C=O) groups is 2. The Morgan fingerprint density at radius 2 is 1.67 bits per heavy atom. The largest absolute Gasteiger partial charge is 0.341 e. The Morgan fingerprint density at radius 3 is 2.42 bits per heavy atom. The van der Waals surface area contributed by atoms with E-state index in [1.807, 2.05) is 40.1 Å². The molecular weight excluding hydrogens is 302 g/mol. The van der Waals surface area contributed by atoms with E-state index >= 15 is 0 Å². The van der Waals surface area contributed by atoms with Crippen molar-refractivity contribution in [3.63, 3.8) is 0 Å². The fraction of sp³-hybridized carbons (Fsp3) is 0.579. The van der Waals surface area contributed by atoms with E-state index in [-0.39, 0.29) is 17.7 Å². The van der Waals surface area contributed by atoms with Gasteiger partial charge in [-0.2, -0.15) is 0 Å². The molecule has 1 aliphatic heterocycles. The van der Waals surface area contributed by atoms with E-state index in [4.69, 9.17) is 5.73 Å². The molecule has 2 fully saturated rings. The first kappa shape index (κ1) is 17.0. The lowest BCUT2D eigenvalue weighted by Crippen LogP contribution is -2.41. The number of carbonyl (C=O) groups excluding carboxylic acids is 2. The van der Waals surface area contributed by atoms with Crippen LogP contribution in [-0.2, 0) is 4.79 Å². The molecule has 1 aromatic rings. The summed E-state index contributed by atoms with van der Waals surface area (Å²) in [5.41, 5.74) is 6.54. The van der Waals surface area contributed by atoms with Crippen LogP contribution in [0, 0.1) is 11.8 Å². The topological polar surface area (TPSA) is 66.6 Å². The molecular formula is C19H27N3O2. The highest BCUT2D eigenvalue weighted by atomic mass is 16.2. The second kappa shape index (κ2) is 7.79. The standard InChI is InChI=1S/C19H27N3O2/c20-14-16-8-4-9-17(16)19(24)22-11-5-10-21(12-13-22)18(23)15-6-2-1-3-7-15/h1-3,6-7,16-17H,4-5,8-14,20H2/t16-,17-/m1/s1. The fourth-order valence-corrected chi connectivity index (χ4v) is 3.98. The van der Waals surface area contributed by atoms with E-state index in [0.717, 1.165) is 37.8 Å². The van der Waals surface area contributed by atoms with Crippen molar-refractivity contribution in [3.05, 3.63) is 35.9 Å². The molecule has 1 aliphatic carbocycles. The third-order valence-electron chi connectivity index (χ3n) is 5.39. The molecule has 24 heavy (non-hydrogen) atoms. The Morgan fingerprint density at radius 1 is 0.958 bits per heavy atom. The maximum atomic E-state index is 12.8. The van der Waals surface area contributed by atoms with Gasteiger partial charge in [0.05, 0.1) is 0 Å². The molecule has 3 rings (SSSR count). The molecule has 1 aromatic carbocycles. The molecule has 5 nitrogen and oxygen atoms in total. The lowest BCUT2D eigenvalue weighted by Gasteiger charge is -2.27. The first-order valence-electron chi connectivity index (χ1n) is 9.04. The molecule has 0 radical (unpaired) electrons. The Labute approximate surface area is 143 Å². The second-order valence-corrected chi connectivity index (χ2v) is 6.87. The van der Waals surface area contributed by atoms with E-state index < -0.39 is 0 Å². The molecule has 5 heteroatoms. The van der Waals surface area contributed by atoms with E-state index in [0.29, 0.717) is 32.1 Å². The quantitative estimate of drug-likeness (QED) is 0.918. The summed E-state index contributed by atoms with van der Waals surface area (Å²) in [5.74, 6) is 0.733. The number of nitrogens with two attached hydrogens (primary N) is 1. The van der Waals surface area contributed by atoms with Crippen molar-refractivity contribution in [1.29, 1.82) is 0 Å². The summed E-state index contributed by atoms with van der Waals surface area (Å²) < 4.78 is 0. The van der Waals surface area contributed by atoms with E-state index in [1.54, 1.807) is 0 Å². The lowest BCUT2D eigenvalue weighted by molar-refractivity contribution is -0.136. The summed E-state index contributed by atoms with van der Waals surface area (Å²) >= 11 is 0. The maximum absolute atomic E-state index is 12.8. The molecule has 0 bridgehead atoms. The molecule has 2 amide bonds. The van der Waals surface area contributed by atoms with Gasteiger partial charge < -0.3 is 15.5 Å². The van der Waals surface area contributed by atoms with Crippen molar-refractivity contribution in [2.24, 2.45) is 17.6 Å². The van der Waals surface area contributed by atoms with Crippen LogP contribution in [-0.4, -0.2) is 54.3 Å². The van der Waals surface area contributed by atoms with E-state index in [2.05, 4.69) is 0 Å². The molecule has 2 atom stereocenters. The van der Waals surface area contributed by atoms with Crippen LogP contribution in [0.2, 0.25) is 0 Å². The molecule has 1 saturated heterocycles. The van der Waals surface area contributed by atoms with Gasteiger partial charge in [-0.1, -0.05) is 24.6 Å². The zero-order valence-corrected chi connectivity index (χ0v) is 14.2. The van der Waals surface area contributed by atoms with Gasteiger partial charge in [-0.15, -0.1) is 0 Å². The van der Waals surface area contributed by atoms with Crippen LogP contribution in [0.4, 0.5) is 0 Å². The molecule has 0 unspecified atom stereocenters. The Bertz CT molecular complexity index is 575. The summed E-state index contributed by atoms with van der Waals surface area (Å²) in [4.78, 5) is 29.3. The average Bonchev–Trinajstić information content (AvgIpc) is 2.97. The van der Waals surface area contributed by atoms with Crippen molar-refractivity contribution in [3.8, 4) is 0 Å². The van der Waals surface area contributed by atoms with Crippen LogP contribution < -0.4 is 5.73 Å². The highest BCUT2D eigenvalue weighted by Gasteiger charge is 2.35. The summed E-state index contributed by atoms with van der Waals surface area (Å²) in [7, 11) is 0. The van der Waals surface area contributed by atoms with Gasteiger partial charge in [0.15, 0.2) is 0 Å². The van der Waals surface area contributed by atoms with Gasteiger partial charge in [-0.05, 0) is 43.9 Å². The van der Waals surface area contributed by atoms with Crippen LogP contribution in [0.3, 0.4) is 0 Å². The van der Waals surface area contributed by atoms with Crippen LogP contribution in [0.5, 0.6) is 0 Å². The average molecular weight is 329 g/mol. The zero-order chi connectivity index (χ0) is 16.9. The highest BCUT2D eigenvalue weighted by Crippen LogP contribution is 2.32. The number of benzene rings is 1. The van der Waals surface area contributed by atoms with E-state index in [9.17, 15) is 9.59 Å². The predicted molar refractivity (Wildman–Crippen MR) is 93.4 cm³/mol. The lowest BCUT2D eigenvalue weighted by atomic mass is 9.94. The van der Waals surface area contributed by atoms with Gasteiger partial charge in [0.1, 0.15) is 0 Å². The molecule has 1 heterocycles. The fourth-order valence-electron chi connectivity index (χ4n) is 3.98. The molecule has 2 N–H and O–H groups in total. The SMILES string of the molecule is NC[C@H]1CCC[C@H]1C(=O)N1CCCN(C(=O)c2ccccc2)CC1. The van der Waals surface area contributed by atoms with Crippen molar-refractivity contribution in [2.45, 2.75) is 25.7 Å². The second-order valence-electron chi connectivity index (χ2n) is 6.87. The Kier molecular flexibility index (Phi) is 5.51. The van der Waals surface area contributed by atoms with Crippen LogP contribution >= 0.6 is 0 Å². The minimum atomic E-state index is 0.0607. The highest BCUT2D eigenvalue weighted by molar-refractivity contribution is 5.94. The Balaban J connectivity index is 1.61. The predicted octanol–water partition coefficient (Wildman–Crippen LogP) is 1.74. The summed E-state index contributed by atoms with van der Waals surface area (Å²) in [6, 6.07) is 9.37. The monoisotopic (exact) mass is 329 g/mol. The first-order valence-corrected chi connectivity index (χ1v) is 9.04. The molecule has 1 saturated carbocycles. The van der Waals surface area contributed by atoms with Crippen molar-refractivity contribution in [2.75, 3.05) is 32.7 Å². The molecule has 130 valence electrons. The third kappa shape index (κ3) is 3.61. The molecule has 2 aliphatic rings. The van der Waals surface area contributed by atoms with Crippen molar-refractivity contribution in [1.82, 2.24) is 9.80 Å². The summed E-state index contributed by atoms with van der Waals surface area (Å²) in [6.45, 7) is 3.29. The van der Waals surface area contributed by atoms with Gasteiger partial charge in [0.25, 0.3) is 5.91 Å².